The average molecular weight is 251 g/mol. The van der Waals surface area contributed by atoms with Crippen molar-refractivity contribution in [1.82, 2.24) is 15.0 Å². The van der Waals surface area contributed by atoms with Crippen LogP contribution in [0.25, 0.3) is 22.6 Å². The van der Waals surface area contributed by atoms with Crippen LogP contribution in [0.15, 0.2) is 23.0 Å². The predicted octanol–water partition coefficient (Wildman–Crippen LogP) is 2.92. The van der Waals surface area contributed by atoms with E-state index >= 15 is 0 Å². The van der Waals surface area contributed by atoms with Crippen molar-refractivity contribution in [2.75, 3.05) is 5.73 Å². The second-order valence-corrected chi connectivity index (χ2v) is 4.51. The number of halogens is 1. The van der Waals surface area contributed by atoms with E-state index in [1.54, 1.807) is 17.6 Å². The number of nitrogens with two attached hydrogens (primary N) is 1. The van der Waals surface area contributed by atoms with Gasteiger partial charge in [-0.25, -0.2) is 9.97 Å². The van der Waals surface area contributed by atoms with E-state index < -0.39 is 0 Å². The normalized spacial score (nSPS) is 11.1. The van der Waals surface area contributed by atoms with E-state index in [1.807, 2.05) is 5.38 Å². The van der Waals surface area contributed by atoms with Gasteiger partial charge in [0.2, 0.25) is 0 Å². The number of hydrogen-bond donors (Lipinski definition) is 2. The summed E-state index contributed by atoms with van der Waals surface area (Å²) in [6, 6.07) is 3.49. The lowest BCUT2D eigenvalue weighted by molar-refractivity contribution is 1.27. The molecule has 4 nitrogen and oxygen atoms in total. The second kappa shape index (κ2) is 3.47. The van der Waals surface area contributed by atoms with E-state index in [9.17, 15) is 0 Å². The number of nitrogens with zero attached hydrogens (tertiary/aromatic N) is 2. The number of rotatable bonds is 1. The Bertz CT molecular complexity index is 644. The van der Waals surface area contributed by atoms with Gasteiger partial charge in [0.1, 0.15) is 11.2 Å². The molecule has 1 aromatic carbocycles. The van der Waals surface area contributed by atoms with Crippen LogP contribution in [0, 0.1) is 0 Å². The van der Waals surface area contributed by atoms with Gasteiger partial charge in [0, 0.05) is 10.4 Å². The number of benzene rings is 1. The van der Waals surface area contributed by atoms with Gasteiger partial charge < -0.3 is 10.7 Å². The molecule has 3 N–H and O–H groups in total. The van der Waals surface area contributed by atoms with Crippen LogP contribution < -0.4 is 5.73 Å². The topological polar surface area (TPSA) is 67.6 Å². The summed E-state index contributed by atoms with van der Waals surface area (Å²) in [6.45, 7) is 0. The maximum atomic E-state index is 5.92. The minimum absolute atomic E-state index is 0.570. The number of nitrogens with one attached hydrogen (secondary N) is 1. The molecular formula is C10H7ClN4S. The lowest BCUT2D eigenvalue weighted by Crippen LogP contribution is -1.86. The van der Waals surface area contributed by atoms with Gasteiger partial charge in [0.25, 0.3) is 0 Å². The number of nitrogen functional groups attached to an aromatic ring is 1. The van der Waals surface area contributed by atoms with Crippen LogP contribution in [-0.2, 0) is 0 Å². The summed E-state index contributed by atoms with van der Waals surface area (Å²) in [5.41, 5.74) is 10.5. The summed E-state index contributed by atoms with van der Waals surface area (Å²) in [7, 11) is 0. The molecule has 80 valence electrons. The average Bonchev–Trinajstić information content (AvgIpc) is 2.82. The Morgan fingerprint density at radius 2 is 2.25 bits per heavy atom. The van der Waals surface area contributed by atoms with Crippen molar-refractivity contribution < 1.29 is 0 Å². The van der Waals surface area contributed by atoms with Crippen molar-refractivity contribution in [3.63, 3.8) is 0 Å². The largest absolute Gasteiger partial charge is 0.397 e. The first-order chi connectivity index (χ1) is 7.74. The molecule has 0 aliphatic rings. The summed E-state index contributed by atoms with van der Waals surface area (Å²) < 4.78 is 0. The second-order valence-electron chi connectivity index (χ2n) is 3.35. The van der Waals surface area contributed by atoms with Crippen LogP contribution in [-0.4, -0.2) is 15.0 Å². The monoisotopic (exact) mass is 250 g/mol. The zero-order valence-corrected chi connectivity index (χ0v) is 9.64. The van der Waals surface area contributed by atoms with E-state index in [4.69, 9.17) is 17.3 Å². The first-order valence-corrected chi connectivity index (χ1v) is 5.89. The predicted molar refractivity (Wildman–Crippen MR) is 66.6 cm³/mol. The number of aromatic nitrogens is 3. The van der Waals surface area contributed by atoms with Crippen LogP contribution in [0.2, 0.25) is 5.02 Å². The van der Waals surface area contributed by atoms with Crippen LogP contribution in [0.1, 0.15) is 0 Å². The molecule has 0 saturated heterocycles. The lowest BCUT2D eigenvalue weighted by Gasteiger charge is -1.94. The summed E-state index contributed by atoms with van der Waals surface area (Å²) in [5.74, 6) is 0.713. The highest BCUT2D eigenvalue weighted by atomic mass is 35.5. The molecule has 0 radical (unpaired) electrons. The van der Waals surface area contributed by atoms with Crippen molar-refractivity contribution in [2.45, 2.75) is 0 Å². The van der Waals surface area contributed by atoms with Gasteiger partial charge in [-0.05, 0) is 12.1 Å². The van der Waals surface area contributed by atoms with E-state index in [1.165, 1.54) is 11.3 Å². The first kappa shape index (κ1) is 9.62. The number of imidazole rings is 1. The molecule has 0 atom stereocenters. The highest BCUT2D eigenvalue weighted by Gasteiger charge is 2.09. The fraction of sp³-hybridized carbons (Fsp3) is 0. The van der Waals surface area contributed by atoms with Crippen LogP contribution in [0.3, 0.4) is 0 Å². The Hall–Kier alpha value is -1.59. The molecule has 0 spiro atoms. The highest BCUT2D eigenvalue weighted by molar-refractivity contribution is 7.07. The van der Waals surface area contributed by atoms with Crippen LogP contribution in [0.5, 0.6) is 0 Å². The number of H-pyrrole nitrogens is 1. The van der Waals surface area contributed by atoms with E-state index in [-0.39, 0.29) is 0 Å². The zero-order chi connectivity index (χ0) is 11.1. The Kier molecular flexibility index (Phi) is 2.08. The molecule has 0 aliphatic carbocycles. The maximum Gasteiger partial charge on any atom is 0.158 e. The number of aromatic amines is 1. The molecule has 3 aromatic rings. The third-order valence-electron chi connectivity index (χ3n) is 2.26. The van der Waals surface area contributed by atoms with Gasteiger partial charge in [-0.1, -0.05) is 11.6 Å². The molecule has 2 aromatic heterocycles. The SMILES string of the molecule is Nc1cc(Cl)cc2[nH]c(-c3cscn3)nc12. The smallest absolute Gasteiger partial charge is 0.158 e. The summed E-state index contributed by atoms with van der Waals surface area (Å²) in [6.07, 6.45) is 0. The molecule has 2 heterocycles. The van der Waals surface area contributed by atoms with Gasteiger partial charge in [-0.2, -0.15) is 0 Å². The first-order valence-electron chi connectivity index (χ1n) is 4.57. The maximum absolute atomic E-state index is 5.92. The van der Waals surface area contributed by atoms with Gasteiger partial charge in [-0.15, -0.1) is 11.3 Å². The lowest BCUT2D eigenvalue weighted by atomic mass is 10.3. The zero-order valence-electron chi connectivity index (χ0n) is 8.07. The Balaban J connectivity index is 2.27. The van der Waals surface area contributed by atoms with Crippen molar-refractivity contribution in [1.29, 1.82) is 0 Å². The van der Waals surface area contributed by atoms with Gasteiger partial charge in [-0.3, -0.25) is 0 Å². The molecule has 0 fully saturated rings. The van der Waals surface area contributed by atoms with Gasteiger partial charge in [0.15, 0.2) is 5.82 Å². The van der Waals surface area contributed by atoms with Crippen molar-refractivity contribution in [2.24, 2.45) is 0 Å². The van der Waals surface area contributed by atoms with Crippen molar-refractivity contribution in [3.05, 3.63) is 28.0 Å². The summed E-state index contributed by atoms with van der Waals surface area (Å²) >= 11 is 7.44. The van der Waals surface area contributed by atoms with Gasteiger partial charge in [0.05, 0.1) is 16.7 Å². The fourth-order valence-corrected chi connectivity index (χ4v) is 2.32. The van der Waals surface area contributed by atoms with Crippen molar-refractivity contribution >= 4 is 39.7 Å². The summed E-state index contributed by atoms with van der Waals surface area (Å²) in [4.78, 5) is 11.7. The number of thiazole rings is 1. The molecule has 0 aliphatic heterocycles. The van der Waals surface area contributed by atoms with Crippen molar-refractivity contribution in [3.8, 4) is 11.5 Å². The molecule has 6 heteroatoms. The number of hydrogen-bond acceptors (Lipinski definition) is 4. The quantitative estimate of drug-likeness (QED) is 0.653. The Morgan fingerprint density at radius 1 is 1.38 bits per heavy atom. The fourth-order valence-electron chi connectivity index (χ4n) is 1.56. The highest BCUT2D eigenvalue weighted by Crippen LogP contribution is 2.27. The standard InChI is InChI=1S/C10H7ClN4S/c11-5-1-6(12)9-7(2-5)14-10(15-9)8-3-16-4-13-8/h1-4H,12H2,(H,14,15). The number of anilines is 1. The number of fused-ring (bicyclic) bond motifs is 1. The Morgan fingerprint density at radius 3 is 3.00 bits per heavy atom. The van der Waals surface area contributed by atoms with E-state index in [0.29, 0.717) is 16.5 Å². The van der Waals surface area contributed by atoms with E-state index in [2.05, 4.69) is 15.0 Å². The Labute approximate surface area is 100 Å². The van der Waals surface area contributed by atoms with Crippen LogP contribution >= 0.6 is 22.9 Å². The van der Waals surface area contributed by atoms with Gasteiger partial charge >= 0.3 is 0 Å². The van der Waals surface area contributed by atoms with E-state index in [0.717, 1.165) is 16.7 Å². The molecular weight excluding hydrogens is 244 g/mol. The third kappa shape index (κ3) is 1.45. The van der Waals surface area contributed by atoms with Crippen LogP contribution in [0.4, 0.5) is 5.69 Å². The summed E-state index contributed by atoms with van der Waals surface area (Å²) in [5, 5.41) is 2.52. The molecule has 0 unspecified atom stereocenters. The molecule has 16 heavy (non-hydrogen) atoms. The minimum atomic E-state index is 0.570. The molecule has 0 amide bonds. The molecule has 0 saturated carbocycles. The molecule has 0 bridgehead atoms. The third-order valence-corrected chi connectivity index (χ3v) is 3.06. The molecule has 3 rings (SSSR count). The minimum Gasteiger partial charge on any atom is -0.397 e.